The van der Waals surface area contributed by atoms with Gasteiger partial charge in [0, 0.05) is 12.4 Å². The largest absolute Gasteiger partial charge is 0.366 e. The van der Waals surface area contributed by atoms with E-state index in [0.29, 0.717) is 10.8 Å². The Morgan fingerprint density at radius 3 is 2.81 bits per heavy atom. The van der Waals surface area contributed by atoms with E-state index in [1.165, 1.54) is 12.3 Å². The summed E-state index contributed by atoms with van der Waals surface area (Å²) in [6.45, 7) is 2.10. The first-order valence-corrected chi connectivity index (χ1v) is 7.12. The number of hydrogen-bond donors (Lipinski definition) is 2. The first kappa shape index (κ1) is 15.3. The molecule has 0 aliphatic heterocycles. The second-order valence-electron chi connectivity index (χ2n) is 4.66. The molecule has 0 unspecified atom stereocenters. The maximum Gasteiger partial charge on any atom is 0.250 e. The number of amides is 1. The fourth-order valence-electron chi connectivity index (χ4n) is 2.01. The van der Waals surface area contributed by atoms with E-state index in [9.17, 15) is 4.79 Å². The number of aromatic nitrogens is 2. The van der Waals surface area contributed by atoms with E-state index in [0.717, 1.165) is 18.5 Å². The van der Waals surface area contributed by atoms with Gasteiger partial charge in [0.05, 0.1) is 22.3 Å². The number of pyridine rings is 2. The molecule has 21 heavy (non-hydrogen) atoms. The molecule has 2 aromatic heterocycles. The zero-order valence-corrected chi connectivity index (χ0v) is 12.5. The molecular formula is C15H17ClN4O. The standard InChI is InChI=1S/C15H17ClN4O/c1-2-5-13(12-6-3-4-7-18-12)20-15-11(16)8-10(9-19-15)14(17)21/h3-4,6-9,13H,2,5H2,1H3,(H2,17,21)(H,19,20)/t13-/m1/s1. The van der Waals surface area contributed by atoms with Crippen LogP contribution in [0.2, 0.25) is 5.02 Å². The highest BCUT2D eigenvalue weighted by atomic mass is 35.5. The van der Waals surface area contributed by atoms with Crippen LogP contribution < -0.4 is 11.1 Å². The van der Waals surface area contributed by atoms with E-state index in [-0.39, 0.29) is 11.6 Å². The summed E-state index contributed by atoms with van der Waals surface area (Å²) in [6.07, 6.45) is 5.06. The number of nitrogens with two attached hydrogens (primary N) is 1. The van der Waals surface area contributed by atoms with Crippen LogP contribution in [0.25, 0.3) is 0 Å². The fourth-order valence-corrected chi connectivity index (χ4v) is 2.23. The molecule has 3 N–H and O–H groups in total. The minimum atomic E-state index is -0.550. The lowest BCUT2D eigenvalue weighted by Crippen LogP contribution is -2.15. The highest BCUT2D eigenvalue weighted by molar-refractivity contribution is 6.33. The summed E-state index contributed by atoms with van der Waals surface area (Å²) in [5.41, 5.74) is 6.42. The van der Waals surface area contributed by atoms with Crippen molar-refractivity contribution in [1.82, 2.24) is 9.97 Å². The fraction of sp³-hybridized carbons (Fsp3) is 0.267. The molecule has 110 valence electrons. The number of anilines is 1. The first-order valence-electron chi connectivity index (χ1n) is 6.74. The SMILES string of the molecule is CCC[C@@H](Nc1ncc(C(N)=O)cc1Cl)c1ccccn1. The van der Waals surface area contributed by atoms with Crippen molar-refractivity contribution in [2.24, 2.45) is 5.73 Å². The van der Waals surface area contributed by atoms with Crippen LogP contribution in [0, 0.1) is 0 Å². The quantitative estimate of drug-likeness (QED) is 0.859. The van der Waals surface area contributed by atoms with E-state index in [1.807, 2.05) is 18.2 Å². The molecular weight excluding hydrogens is 288 g/mol. The normalized spacial score (nSPS) is 11.9. The van der Waals surface area contributed by atoms with Crippen LogP contribution in [0.15, 0.2) is 36.7 Å². The van der Waals surface area contributed by atoms with Gasteiger partial charge in [-0.15, -0.1) is 0 Å². The third-order valence-electron chi connectivity index (χ3n) is 3.06. The van der Waals surface area contributed by atoms with E-state index in [2.05, 4.69) is 22.2 Å². The van der Waals surface area contributed by atoms with E-state index in [1.54, 1.807) is 6.20 Å². The molecule has 5 nitrogen and oxygen atoms in total. The van der Waals surface area contributed by atoms with Crippen molar-refractivity contribution in [3.8, 4) is 0 Å². The molecule has 2 rings (SSSR count). The van der Waals surface area contributed by atoms with Gasteiger partial charge in [0.15, 0.2) is 0 Å². The number of carbonyl (C=O) groups excluding carboxylic acids is 1. The van der Waals surface area contributed by atoms with Crippen molar-refractivity contribution >= 4 is 23.3 Å². The molecule has 0 aliphatic rings. The molecule has 0 bridgehead atoms. The Morgan fingerprint density at radius 2 is 2.24 bits per heavy atom. The van der Waals surface area contributed by atoms with Crippen LogP contribution >= 0.6 is 11.6 Å². The average molecular weight is 305 g/mol. The lowest BCUT2D eigenvalue weighted by molar-refractivity contribution is 0.1000. The van der Waals surface area contributed by atoms with Gasteiger partial charge in [-0.25, -0.2) is 4.98 Å². The number of rotatable bonds is 6. The molecule has 0 fully saturated rings. The minimum Gasteiger partial charge on any atom is -0.366 e. The van der Waals surface area contributed by atoms with Gasteiger partial charge in [0.25, 0.3) is 0 Å². The zero-order chi connectivity index (χ0) is 15.2. The van der Waals surface area contributed by atoms with Crippen molar-refractivity contribution < 1.29 is 4.79 Å². The second-order valence-corrected chi connectivity index (χ2v) is 5.07. The van der Waals surface area contributed by atoms with E-state index < -0.39 is 5.91 Å². The summed E-state index contributed by atoms with van der Waals surface area (Å²) < 4.78 is 0. The zero-order valence-electron chi connectivity index (χ0n) is 11.7. The molecule has 1 amide bonds. The average Bonchev–Trinajstić information content (AvgIpc) is 2.49. The molecule has 0 aromatic carbocycles. The lowest BCUT2D eigenvalue weighted by atomic mass is 10.1. The van der Waals surface area contributed by atoms with Crippen molar-refractivity contribution in [3.05, 3.63) is 52.9 Å². The second kappa shape index (κ2) is 7.04. The topological polar surface area (TPSA) is 80.9 Å². The first-order chi connectivity index (χ1) is 10.1. The summed E-state index contributed by atoms with van der Waals surface area (Å²) in [5, 5.41) is 3.64. The monoisotopic (exact) mass is 304 g/mol. The van der Waals surface area contributed by atoms with Crippen molar-refractivity contribution in [1.29, 1.82) is 0 Å². The Bertz CT molecular complexity index is 618. The van der Waals surface area contributed by atoms with E-state index in [4.69, 9.17) is 17.3 Å². The Hall–Kier alpha value is -2.14. The van der Waals surface area contributed by atoms with Crippen molar-refractivity contribution in [2.45, 2.75) is 25.8 Å². The lowest BCUT2D eigenvalue weighted by Gasteiger charge is -2.19. The van der Waals surface area contributed by atoms with Gasteiger partial charge in [0.2, 0.25) is 5.91 Å². The summed E-state index contributed by atoms with van der Waals surface area (Å²) in [5.74, 6) is -0.0310. The number of nitrogens with zero attached hydrogens (tertiary/aromatic N) is 2. The predicted molar refractivity (Wildman–Crippen MR) is 83.3 cm³/mol. The molecule has 0 radical (unpaired) electrons. The van der Waals surface area contributed by atoms with Crippen molar-refractivity contribution in [2.75, 3.05) is 5.32 Å². The molecule has 0 aliphatic carbocycles. The Morgan fingerprint density at radius 1 is 1.43 bits per heavy atom. The number of primary amides is 1. The maximum absolute atomic E-state index is 11.1. The molecule has 1 atom stereocenters. The van der Waals surface area contributed by atoms with Crippen molar-refractivity contribution in [3.63, 3.8) is 0 Å². The third-order valence-corrected chi connectivity index (χ3v) is 3.35. The van der Waals surface area contributed by atoms with Crippen LogP contribution in [0.4, 0.5) is 5.82 Å². The Balaban J connectivity index is 2.23. The molecule has 0 spiro atoms. The molecule has 6 heteroatoms. The molecule has 2 heterocycles. The highest BCUT2D eigenvalue weighted by Gasteiger charge is 2.15. The summed E-state index contributed by atoms with van der Waals surface area (Å²) >= 11 is 6.15. The summed E-state index contributed by atoms with van der Waals surface area (Å²) in [4.78, 5) is 19.6. The van der Waals surface area contributed by atoms with Gasteiger partial charge >= 0.3 is 0 Å². The van der Waals surface area contributed by atoms with Gasteiger partial charge in [0.1, 0.15) is 5.82 Å². The summed E-state index contributed by atoms with van der Waals surface area (Å²) in [6, 6.07) is 7.30. The maximum atomic E-state index is 11.1. The van der Waals surface area contributed by atoms with Crippen LogP contribution in [0.5, 0.6) is 0 Å². The Labute approximate surface area is 128 Å². The van der Waals surface area contributed by atoms with E-state index >= 15 is 0 Å². The highest BCUT2D eigenvalue weighted by Crippen LogP contribution is 2.26. The van der Waals surface area contributed by atoms with Crippen LogP contribution in [0.1, 0.15) is 41.9 Å². The predicted octanol–water partition coefficient (Wildman–Crippen LogP) is 3.18. The molecule has 0 saturated heterocycles. The Kier molecular flexibility index (Phi) is 5.11. The molecule has 0 saturated carbocycles. The smallest absolute Gasteiger partial charge is 0.250 e. The van der Waals surface area contributed by atoms with Crippen LogP contribution in [-0.2, 0) is 0 Å². The van der Waals surface area contributed by atoms with Crippen LogP contribution in [-0.4, -0.2) is 15.9 Å². The van der Waals surface area contributed by atoms with Gasteiger partial charge in [-0.1, -0.05) is 31.0 Å². The van der Waals surface area contributed by atoms with Gasteiger partial charge < -0.3 is 11.1 Å². The summed E-state index contributed by atoms with van der Waals surface area (Å²) in [7, 11) is 0. The van der Waals surface area contributed by atoms with Crippen LogP contribution in [0.3, 0.4) is 0 Å². The number of nitrogens with one attached hydrogen (secondary N) is 1. The van der Waals surface area contributed by atoms with Gasteiger partial charge in [-0.05, 0) is 24.6 Å². The molecule has 2 aromatic rings. The number of halogens is 1. The van der Waals surface area contributed by atoms with Gasteiger partial charge in [-0.3, -0.25) is 9.78 Å². The minimum absolute atomic E-state index is 0.0145. The third kappa shape index (κ3) is 3.92. The van der Waals surface area contributed by atoms with Gasteiger partial charge in [-0.2, -0.15) is 0 Å². The number of carbonyl (C=O) groups is 1. The number of hydrogen-bond acceptors (Lipinski definition) is 4.